The van der Waals surface area contributed by atoms with Crippen molar-refractivity contribution in [2.24, 2.45) is 57.2 Å². The minimum atomic E-state index is -1.40. The molecule has 64 heavy (non-hydrogen) atoms. The Kier molecular flexibility index (Phi) is 9.88. The van der Waals surface area contributed by atoms with Crippen LogP contribution < -0.4 is 10.6 Å². The summed E-state index contributed by atoms with van der Waals surface area (Å²) >= 11 is 0. The summed E-state index contributed by atoms with van der Waals surface area (Å²) in [5, 5.41) is 20.7. The van der Waals surface area contributed by atoms with Crippen LogP contribution in [0.3, 0.4) is 0 Å². The van der Waals surface area contributed by atoms with Crippen molar-refractivity contribution in [3.8, 4) is 0 Å². The summed E-state index contributed by atoms with van der Waals surface area (Å²) in [6.07, 6.45) is 13.8. The summed E-state index contributed by atoms with van der Waals surface area (Å²) in [7, 11) is 0. The van der Waals surface area contributed by atoms with Crippen LogP contribution in [0.5, 0.6) is 0 Å². The summed E-state index contributed by atoms with van der Waals surface area (Å²) in [4.78, 5) is 44.9. The maximum atomic E-state index is 15.9. The van der Waals surface area contributed by atoms with E-state index in [0.29, 0.717) is 49.5 Å². The standard InChI is InChI=1S/C53H70N2O9/c1-48(2)41-40(56)42(57)52(35-13-9-12-33(27-35)26-32-10-5-4-6-11-32)39(51(41)29-61-47(59)50(46(51)64-48)22-7-8-23-50)20-24-49(3)43(62-45(58)44-53(49,52)63-44)36-21-25-60-38(36)19-16-31-14-17-34(18-15-31)37-28-54-30-55-37/h4-6,10-11,21,25,31,33-35,37,39,41-44,46,54-55,57H,7-9,12-20,22-24,26-30H2,1-3H3/t31?,33-,34?,35-,37-,39+,41+,42+,43-,44+,46-,49-,51+,52-,53+/m0/s1. The van der Waals surface area contributed by atoms with Crippen molar-refractivity contribution in [2.45, 2.75) is 172 Å². The summed E-state index contributed by atoms with van der Waals surface area (Å²) in [5.74, 6) is 0.525. The van der Waals surface area contributed by atoms with Crippen LogP contribution in [0.4, 0.5) is 0 Å². The third-order valence-electron chi connectivity index (χ3n) is 20.3. The molecule has 5 saturated carbocycles. The minimum Gasteiger partial charge on any atom is -0.469 e. The molecule has 11 heteroatoms. The van der Waals surface area contributed by atoms with Crippen molar-refractivity contribution < 1.29 is 42.9 Å². The normalized spacial score (nSPS) is 46.3. The molecule has 0 unspecified atom stereocenters. The van der Waals surface area contributed by atoms with Gasteiger partial charge < -0.3 is 39.1 Å². The van der Waals surface area contributed by atoms with Gasteiger partial charge in [-0.25, -0.2) is 4.79 Å². The van der Waals surface area contributed by atoms with Crippen LogP contribution in [0.25, 0.3) is 0 Å². The highest BCUT2D eigenvalue weighted by Crippen LogP contribution is 2.83. The van der Waals surface area contributed by atoms with Crippen molar-refractivity contribution >= 4 is 17.7 Å². The molecular weight excluding hydrogens is 809 g/mol. The van der Waals surface area contributed by atoms with Gasteiger partial charge in [-0.15, -0.1) is 0 Å². The first-order chi connectivity index (χ1) is 30.9. The molecule has 3 spiro atoms. The fourth-order valence-electron chi connectivity index (χ4n) is 17.9. The van der Waals surface area contributed by atoms with Gasteiger partial charge in [-0.05, 0) is 119 Å². The Labute approximate surface area is 378 Å². The van der Waals surface area contributed by atoms with Gasteiger partial charge in [-0.1, -0.05) is 75.8 Å². The zero-order valence-electron chi connectivity index (χ0n) is 38.2. The molecule has 10 aliphatic rings. The Hall–Kier alpha value is -3.09. The third-order valence-corrected chi connectivity index (χ3v) is 20.3. The number of Topliss-reactive ketones (excluding diaryl/α,β-unsaturated/α-hetero) is 1. The number of cyclic esters (lactones) is 2. The molecule has 0 bridgehead atoms. The number of ketones is 1. The van der Waals surface area contributed by atoms with Crippen LogP contribution in [-0.2, 0) is 46.2 Å². The average molecular weight is 879 g/mol. The molecule has 1 aromatic heterocycles. The second kappa shape index (κ2) is 15.0. The number of carbonyl (C=O) groups excluding carboxylic acids is 3. The molecular formula is C53H70N2O9. The molecule has 5 saturated heterocycles. The van der Waals surface area contributed by atoms with Crippen LogP contribution in [0.2, 0.25) is 0 Å². The van der Waals surface area contributed by atoms with Crippen LogP contribution >= 0.6 is 0 Å². The lowest BCUT2D eigenvalue weighted by atomic mass is 9.32. The summed E-state index contributed by atoms with van der Waals surface area (Å²) < 4.78 is 33.9. The van der Waals surface area contributed by atoms with E-state index in [1.54, 1.807) is 6.26 Å². The first kappa shape index (κ1) is 42.3. The van der Waals surface area contributed by atoms with Crippen molar-refractivity contribution in [3.63, 3.8) is 0 Å². The number of epoxide rings is 1. The third kappa shape index (κ3) is 5.59. The van der Waals surface area contributed by atoms with Gasteiger partial charge in [-0.2, -0.15) is 0 Å². The molecule has 1 aromatic carbocycles. The number of rotatable bonds is 8. The van der Waals surface area contributed by atoms with Gasteiger partial charge in [0.05, 0.1) is 29.3 Å². The predicted octanol–water partition coefficient (Wildman–Crippen LogP) is 7.57. The van der Waals surface area contributed by atoms with Crippen LogP contribution in [0.15, 0.2) is 47.1 Å². The monoisotopic (exact) mass is 879 g/mol. The number of esters is 2. The largest absolute Gasteiger partial charge is 0.469 e. The van der Waals surface area contributed by atoms with Crippen molar-refractivity contribution in [2.75, 3.05) is 19.8 Å². The minimum absolute atomic E-state index is 0.0740. The average Bonchev–Trinajstić information content (AvgIpc) is 3.80. The number of carbonyl (C=O) groups is 3. The number of aliphatic hydroxyl groups is 1. The van der Waals surface area contributed by atoms with E-state index < -0.39 is 69.2 Å². The molecule has 13 atom stereocenters. The lowest BCUT2D eigenvalue weighted by molar-refractivity contribution is -0.285. The van der Waals surface area contributed by atoms with E-state index >= 15 is 4.79 Å². The quantitative estimate of drug-likeness (QED) is 0.178. The SMILES string of the molecule is CC1(C)O[C@H]2C3(CCCC3)C(=O)OC[C@@]23[C@@H]1C(=O)[C@@H](O)[C@]1([C@H]2CCC[C@@H](Cc4ccccc4)C2)[C@@H]3CC[C@@]2(C)[C@H](c3ccoc3CCC3CCC([C@@H]4CNCN4)CC3)OC(=O)[C@H]3O[C@@]312. The van der Waals surface area contributed by atoms with E-state index in [-0.39, 0.29) is 30.2 Å². The second-order valence-electron chi connectivity index (χ2n) is 23.4. The van der Waals surface area contributed by atoms with Crippen LogP contribution in [0.1, 0.15) is 140 Å². The van der Waals surface area contributed by atoms with Gasteiger partial charge in [0.2, 0.25) is 0 Å². The Morgan fingerprint density at radius 2 is 1.64 bits per heavy atom. The lowest BCUT2D eigenvalue weighted by Gasteiger charge is -2.70. The first-order valence-electron chi connectivity index (χ1n) is 25.4. The van der Waals surface area contributed by atoms with Gasteiger partial charge in [0.15, 0.2) is 11.9 Å². The highest BCUT2D eigenvalue weighted by atomic mass is 16.7. The molecule has 346 valence electrons. The Morgan fingerprint density at radius 3 is 2.41 bits per heavy atom. The van der Waals surface area contributed by atoms with Crippen LogP contribution in [0, 0.1) is 57.2 Å². The molecule has 6 heterocycles. The zero-order chi connectivity index (χ0) is 43.9. The van der Waals surface area contributed by atoms with Gasteiger partial charge in [0, 0.05) is 47.5 Å². The number of aryl methyl sites for hydroxylation is 1. The molecule has 0 radical (unpaired) electrons. The van der Waals surface area contributed by atoms with Crippen LogP contribution in [-0.4, -0.2) is 78.2 Å². The molecule has 11 nitrogen and oxygen atoms in total. The Bertz CT molecular complexity index is 2150. The number of hydrogen-bond acceptors (Lipinski definition) is 11. The number of benzene rings is 1. The summed E-state index contributed by atoms with van der Waals surface area (Å²) in [6, 6.07) is 13.2. The molecule has 3 N–H and O–H groups in total. The number of furan rings is 1. The fourth-order valence-corrected chi connectivity index (χ4v) is 17.9. The number of nitrogens with one attached hydrogen (secondary N) is 2. The topological polar surface area (TPSA) is 149 Å². The zero-order valence-corrected chi connectivity index (χ0v) is 38.2. The molecule has 5 aliphatic carbocycles. The first-order valence-corrected chi connectivity index (χ1v) is 25.4. The van der Waals surface area contributed by atoms with E-state index in [2.05, 4.69) is 47.9 Å². The van der Waals surface area contributed by atoms with E-state index in [9.17, 15) is 14.7 Å². The predicted molar refractivity (Wildman–Crippen MR) is 235 cm³/mol. The molecule has 0 amide bonds. The number of fused-ring (bicyclic) bond motifs is 2. The van der Waals surface area contributed by atoms with E-state index in [1.807, 2.05) is 19.9 Å². The molecule has 2 aromatic rings. The van der Waals surface area contributed by atoms with Gasteiger partial charge in [0.25, 0.3) is 0 Å². The van der Waals surface area contributed by atoms with Gasteiger partial charge >= 0.3 is 11.9 Å². The number of hydrogen-bond donors (Lipinski definition) is 3. The Morgan fingerprint density at radius 1 is 0.844 bits per heavy atom. The highest BCUT2D eigenvalue weighted by molar-refractivity contribution is 5.93. The maximum Gasteiger partial charge on any atom is 0.339 e. The summed E-state index contributed by atoms with van der Waals surface area (Å²) in [5.41, 5.74) is -3.66. The summed E-state index contributed by atoms with van der Waals surface area (Å²) in [6.45, 7) is 8.24. The van der Waals surface area contributed by atoms with Crippen molar-refractivity contribution in [1.82, 2.24) is 10.6 Å². The van der Waals surface area contributed by atoms with Crippen molar-refractivity contribution in [3.05, 3.63) is 59.5 Å². The van der Waals surface area contributed by atoms with E-state index in [1.165, 1.54) is 31.2 Å². The molecule has 10 fully saturated rings. The van der Waals surface area contributed by atoms with E-state index in [4.69, 9.17) is 23.4 Å². The van der Waals surface area contributed by atoms with Crippen molar-refractivity contribution in [1.29, 1.82) is 0 Å². The smallest absolute Gasteiger partial charge is 0.339 e. The second-order valence-corrected chi connectivity index (χ2v) is 23.4. The van der Waals surface area contributed by atoms with Gasteiger partial charge in [0.1, 0.15) is 30.2 Å². The maximum absolute atomic E-state index is 15.9. The molecule has 5 aliphatic heterocycles. The molecule has 12 rings (SSSR count). The highest BCUT2D eigenvalue weighted by Gasteiger charge is 2.93. The number of ether oxygens (including phenoxy) is 4. The van der Waals surface area contributed by atoms with E-state index in [0.717, 1.165) is 82.3 Å². The van der Waals surface area contributed by atoms with Gasteiger partial charge in [-0.3, -0.25) is 9.59 Å². The Balaban J connectivity index is 0.953. The fraction of sp³-hybridized carbons (Fsp3) is 0.755. The number of aliphatic hydroxyl groups excluding tert-OH is 1. The lowest BCUT2D eigenvalue weighted by Crippen LogP contribution is -2.80.